The summed E-state index contributed by atoms with van der Waals surface area (Å²) in [5.41, 5.74) is 2.83. The van der Waals surface area contributed by atoms with E-state index < -0.39 is 0 Å². The molecule has 2 atom stereocenters. The number of anilines is 1. The Hall–Kier alpha value is -1.44. The average molecular weight is 432 g/mol. The average Bonchev–Trinajstić information content (AvgIpc) is 3.44. The third kappa shape index (κ3) is 5.24. The number of aryl methyl sites for hydroxylation is 1. The van der Waals surface area contributed by atoms with Crippen LogP contribution >= 0.6 is 11.8 Å². The lowest BCUT2D eigenvalue weighted by atomic mass is 9.96. The molecular formula is C23H37N5OS. The van der Waals surface area contributed by atoms with Gasteiger partial charge in [-0.3, -0.25) is 9.89 Å². The standard InChI is InChI=1S/C23H37N5OS/c1-3-24-22(25-17-23(9-15-30-18-23)28-11-13-29-14-12-28)26-20-8-10-27(16-20)21-6-4-19(2)5-7-21/h4-7,20H,3,8-18H2,1-2H3,(H2,24,25,26). The number of nitrogens with zero attached hydrogens (tertiary/aromatic N) is 3. The van der Waals surface area contributed by atoms with Crippen LogP contribution in [0.4, 0.5) is 5.69 Å². The minimum absolute atomic E-state index is 0.195. The second kappa shape index (κ2) is 10.2. The first-order valence-corrected chi connectivity index (χ1v) is 12.6. The van der Waals surface area contributed by atoms with E-state index >= 15 is 0 Å². The van der Waals surface area contributed by atoms with Crippen molar-refractivity contribution in [1.29, 1.82) is 0 Å². The predicted octanol–water partition coefficient (Wildman–Crippen LogP) is 2.34. The molecule has 1 aromatic carbocycles. The van der Waals surface area contributed by atoms with E-state index in [-0.39, 0.29) is 5.54 Å². The summed E-state index contributed by atoms with van der Waals surface area (Å²) in [7, 11) is 0. The highest BCUT2D eigenvalue weighted by molar-refractivity contribution is 7.99. The molecule has 0 aliphatic carbocycles. The molecule has 0 spiro atoms. The Bertz CT molecular complexity index is 698. The molecular weight excluding hydrogens is 394 g/mol. The van der Waals surface area contributed by atoms with Gasteiger partial charge in [-0.15, -0.1) is 0 Å². The number of nitrogens with one attached hydrogen (secondary N) is 2. The van der Waals surface area contributed by atoms with Crippen molar-refractivity contribution in [3.8, 4) is 0 Å². The summed E-state index contributed by atoms with van der Waals surface area (Å²) in [5.74, 6) is 3.39. The molecule has 3 heterocycles. The Balaban J connectivity index is 1.38. The highest BCUT2D eigenvalue weighted by atomic mass is 32.2. The van der Waals surface area contributed by atoms with E-state index in [0.29, 0.717) is 6.04 Å². The molecule has 2 unspecified atom stereocenters. The van der Waals surface area contributed by atoms with Gasteiger partial charge in [-0.1, -0.05) is 17.7 Å². The molecule has 0 aromatic heterocycles. The molecule has 166 valence electrons. The molecule has 7 heteroatoms. The fourth-order valence-electron chi connectivity index (χ4n) is 4.72. The normalized spacial score (nSPS) is 28.1. The van der Waals surface area contributed by atoms with Crippen molar-refractivity contribution in [2.45, 2.75) is 38.3 Å². The van der Waals surface area contributed by atoms with E-state index in [1.54, 1.807) is 0 Å². The second-order valence-corrected chi connectivity index (χ2v) is 9.84. The molecule has 6 nitrogen and oxygen atoms in total. The first-order valence-electron chi connectivity index (χ1n) is 11.5. The minimum Gasteiger partial charge on any atom is -0.379 e. The Labute approximate surface area is 185 Å². The molecule has 0 radical (unpaired) electrons. The number of guanidine groups is 1. The van der Waals surface area contributed by atoms with Crippen LogP contribution in [0.5, 0.6) is 0 Å². The molecule has 0 amide bonds. The number of benzene rings is 1. The molecule has 3 fully saturated rings. The lowest BCUT2D eigenvalue weighted by Gasteiger charge is -2.42. The van der Waals surface area contributed by atoms with Crippen LogP contribution in [0.25, 0.3) is 0 Å². The molecule has 0 bridgehead atoms. The molecule has 3 aliphatic heterocycles. The molecule has 4 rings (SSSR count). The zero-order valence-electron chi connectivity index (χ0n) is 18.5. The highest BCUT2D eigenvalue weighted by Gasteiger charge is 2.40. The number of hydrogen-bond acceptors (Lipinski definition) is 5. The maximum Gasteiger partial charge on any atom is 0.191 e. The largest absolute Gasteiger partial charge is 0.379 e. The summed E-state index contributed by atoms with van der Waals surface area (Å²) in [4.78, 5) is 10.2. The van der Waals surface area contributed by atoms with Crippen molar-refractivity contribution < 1.29 is 4.74 Å². The lowest BCUT2D eigenvalue weighted by Crippen LogP contribution is -2.56. The van der Waals surface area contributed by atoms with Crippen molar-refractivity contribution in [2.75, 3.05) is 68.9 Å². The van der Waals surface area contributed by atoms with Crippen LogP contribution in [-0.2, 0) is 4.74 Å². The number of aliphatic imine (C=N–C) groups is 1. The highest BCUT2D eigenvalue weighted by Crippen LogP contribution is 2.34. The van der Waals surface area contributed by atoms with Gasteiger partial charge in [0.15, 0.2) is 5.96 Å². The third-order valence-electron chi connectivity index (χ3n) is 6.57. The summed E-state index contributed by atoms with van der Waals surface area (Å²) in [6, 6.07) is 9.31. The van der Waals surface area contributed by atoms with Crippen LogP contribution in [0, 0.1) is 6.92 Å². The fourth-order valence-corrected chi connectivity index (χ4v) is 6.18. The third-order valence-corrected chi connectivity index (χ3v) is 7.80. The number of morpholine rings is 1. The van der Waals surface area contributed by atoms with Crippen molar-refractivity contribution >= 4 is 23.4 Å². The van der Waals surface area contributed by atoms with Gasteiger partial charge in [-0.05, 0) is 44.6 Å². The zero-order valence-corrected chi connectivity index (χ0v) is 19.3. The van der Waals surface area contributed by atoms with Gasteiger partial charge in [-0.25, -0.2) is 0 Å². The number of ether oxygens (including phenoxy) is 1. The minimum atomic E-state index is 0.195. The second-order valence-electron chi connectivity index (χ2n) is 8.73. The van der Waals surface area contributed by atoms with Crippen LogP contribution in [-0.4, -0.2) is 86.4 Å². The van der Waals surface area contributed by atoms with Gasteiger partial charge in [0, 0.05) is 50.2 Å². The SMILES string of the molecule is CCNC(=NCC1(N2CCOCC2)CCSC1)NC1CCN(c2ccc(C)cc2)C1. The van der Waals surface area contributed by atoms with Crippen molar-refractivity contribution in [1.82, 2.24) is 15.5 Å². The van der Waals surface area contributed by atoms with Crippen molar-refractivity contribution in [3.05, 3.63) is 29.8 Å². The Morgan fingerprint density at radius 1 is 1.23 bits per heavy atom. The zero-order chi connectivity index (χ0) is 20.8. The van der Waals surface area contributed by atoms with Crippen LogP contribution in [0.3, 0.4) is 0 Å². The summed E-state index contributed by atoms with van der Waals surface area (Å²) < 4.78 is 5.60. The lowest BCUT2D eigenvalue weighted by molar-refractivity contribution is -0.0104. The van der Waals surface area contributed by atoms with Crippen molar-refractivity contribution in [2.24, 2.45) is 4.99 Å². The van der Waals surface area contributed by atoms with Crippen LogP contribution in [0.15, 0.2) is 29.3 Å². The quantitative estimate of drug-likeness (QED) is 0.533. The Morgan fingerprint density at radius 3 is 2.73 bits per heavy atom. The van der Waals surface area contributed by atoms with Gasteiger partial charge in [-0.2, -0.15) is 11.8 Å². The number of thioether (sulfide) groups is 1. The smallest absolute Gasteiger partial charge is 0.191 e. The Morgan fingerprint density at radius 2 is 2.03 bits per heavy atom. The maximum absolute atomic E-state index is 5.60. The fraction of sp³-hybridized carbons (Fsp3) is 0.696. The molecule has 2 N–H and O–H groups in total. The first-order chi connectivity index (χ1) is 14.7. The molecule has 1 aromatic rings. The first kappa shape index (κ1) is 21.8. The Kier molecular flexibility index (Phi) is 7.44. The van der Waals surface area contributed by atoms with E-state index in [4.69, 9.17) is 9.73 Å². The summed E-state index contributed by atoms with van der Waals surface area (Å²) >= 11 is 2.07. The monoisotopic (exact) mass is 431 g/mol. The molecule has 0 saturated carbocycles. The van der Waals surface area contributed by atoms with Gasteiger partial charge in [0.05, 0.1) is 25.3 Å². The topological polar surface area (TPSA) is 52.1 Å². The van der Waals surface area contributed by atoms with E-state index in [1.165, 1.54) is 29.2 Å². The van der Waals surface area contributed by atoms with Gasteiger partial charge in [0.25, 0.3) is 0 Å². The van der Waals surface area contributed by atoms with Crippen LogP contribution in [0.2, 0.25) is 0 Å². The van der Waals surface area contributed by atoms with Gasteiger partial charge in [0.2, 0.25) is 0 Å². The summed E-state index contributed by atoms with van der Waals surface area (Å²) in [5, 5.41) is 7.21. The van der Waals surface area contributed by atoms with Gasteiger partial charge < -0.3 is 20.3 Å². The van der Waals surface area contributed by atoms with Gasteiger partial charge in [0.1, 0.15) is 0 Å². The van der Waals surface area contributed by atoms with Gasteiger partial charge >= 0.3 is 0 Å². The maximum atomic E-state index is 5.60. The predicted molar refractivity (Wildman–Crippen MR) is 128 cm³/mol. The summed E-state index contributed by atoms with van der Waals surface area (Å²) in [6.07, 6.45) is 2.37. The van der Waals surface area contributed by atoms with E-state index in [1.807, 2.05) is 0 Å². The van der Waals surface area contributed by atoms with Crippen LogP contribution < -0.4 is 15.5 Å². The van der Waals surface area contributed by atoms with Crippen molar-refractivity contribution in [3.63, 3.8) is 0 Å². The number of rotatable bonds is 6. The van der Waals surface area contributed by atoms with E-state index in [2.05, 4.69) is 70.3 Å². The van der Waals surface area contributed by atoms with Crippen LogP contribution in [0.1, 0.15) is 25.3 Å². The molecule has 3 saturated heterocycles. The summed E-state index contributed by atoms with van der Waals surface area (Å²) in [6.45, 7) is 11.9. The van der Waals surface area contributed by atoms with E-state index in [9.17, 15) is 0 Å². The number of hydrogen-bond donors (Lipinski definition) is 2. The molecule has 30 heavy (non-hydrogen) atoms. The van der Waals surface area contributed by atoms with E-state index in [0.717, 1.165) is 64.9 Å². The molecule has 3 aliphatic rings.